The van der Waals surface area contributed by atoms with Crippen molar-refractivity contribution in [3.8, 4) is 0 Å². The van der Waals surface area contributed by atoms with Gasteiger partial charge in [-0.3, -0.25) is 9.78 Å². The maximum atomic E-state index is 12.1. The highest BCUT2D eigenvalue weighted by molar-refractivity contribution is 5.92. The standard InChI is InChI=1S/C12H16N2O/c1-10-6-3-5-9-14(10)12(15)11-7-2-4-8-13-11/h2,4,7-8,10H,3,5-6,9H2,1H3. The van der Waals surface area contributed by atoms with E-state index in [-0.39, 0.29) is 5.91 Å². The monoisotopic (exact) mass is 204 g/mol. The summed E-state index contributed by atoms with van der Waals surface area (Å²) in [5.41, 5.74) is 0.561. The molecular weight excluding hydrogens is 188 g/mol. The Morgan fingerprint density at radius 3 is 3.00 bits per heavy atom. The van der Waals surface area contributed by atoms with Crippen molar-refractivity contribution in [2.24, 2.45) is 0 Å². The molecule has 80 valence electrons. The lowest BCUT2D eigenvalue weighted by atomic mass is 10.0. The van der Waals surface area contributed by atoms with Crippen LogP contribution in [0.3, 0.4) is 0 Å². The second kappa shape index (κ2) is 4.43. The van der Waals surface area contributed by atoms with Crippen LogP contribution in [0.1, 0.15) is 36.7 Å². The third kappa shape index (κ3) is 2.17. The number of piperidine rings is 1. The number of hydrogen-bond acceptors (Lipinski definition) is 2. The van der Waals surface area contributed by atoms with E-state index in [4.69, 9.17) is 0 Å². The Bertz CT molecular complexity index is 337. The van der Waals surface area contributed by atoms with Gasteiger partial charge in [0.2, 0.25) is 0 Å². The molecule has 1 aromatic rings. The predicted molar refractivity (Wildman–Crippen MR) is 58.6 cm³/mol. The third-order valence-electron chi connectivity index (χ3n) is 2.95. The van der Waals surface area contributed by atoms with E-state index in [9.17, 15) is 4.79 Å². The molecule has 1 aliphatic heterocycles. The number of aromatic nitrogens is 1. The molecule has 0 spiro atoms. The Labute approximate surface area is 90.1 Å². The van der Waals surface area contributed by atoms with E-state index in [1.54, 1.807) is 12.3 Å². The van der Waals surface area contributed by atoms with Crippen LogP contribution in [0.2, 0.25) is 0 Å². The first-order valence-electron chi connectivity index (χ1n) is 5.51. The fourth-order valence-corrected chi connectivity index (χ4v) is 2.04. The molecule has 1 aromatic heterocycles. The molecule has 0 aliphatic carbocycles. The Morgan fingerprint density at radius 1 is 1.47 bits per heavy atom. The van der Waals surface area contributed by atoms with Crippen molar-refractivity contribution in [1.29, 1.82) is 0 Å². The highest BCUT2D eigenvalue weighted by Crippen LogP contribution is 2.18. The van der Waals surface area contributed by atoms with Gasteiger partial charge in [-0.05, 0) is 38.3 Å². The largest absolute Gasteiger partial charge is 0.335 e. The molecule has 0 N–H and O–H groups in total. The van der Waals surface area contributed by atoms with Gasteiger partial charge in [0.25, 0.3) is 5.91 Å². The molecule has 0 saturated carbocycles. The Hall–Kier alpha value is -1.38. The summed E-state index contributed by atoms with van der Waals surface area (Å²) in [5, 5.41) is 0. The summed E-state index contributed by atoms with van der Waals surface area (Å²) in [6.45, 7) is 2.98. The summed E-state index contributed by atoms with van der Waals surface area (Å²) in [5.74, 6) is 0.0720. The summed E-state index contributed by atoms with van der Waals surface area (Å²) < 4.78 is 0. The minimum atomic E-state index is 0.0720. The Balaban J connectivity index is 2.13. The average Bonchev–Trinajstić information content (AvgIpc) is 2.30. The lowest BCUT2D eigenvalue weighted by Gasteiger charge is -2.33. The smallest absolute Gasteiger partial charge is 0.272 e. The number of hydrogen-bond donors (Lipinski definition) is 0. The van der Waals surface area contributed by atoms with Gasteiger partial charge in [-0.2, -0.15) is 0 Å². The third-order valence-corrected chi connectivity index (χ3v) is 2.95. The number of amides is 1. The molecule has 0 bridgehead atoms. The lowest BCUT2D eigenvalue weighted by Crippen LogP contribution is -2.42. The minimum Gasteiger partial charge on any atom is -0.335 e. The first kappa shape index (κ1) is 10.1. The molecule has 1 unspecified atom stereocenters. The van der Waals surface area contributed by atoms with Crippen LogP contribution in [0.4, 0.5) is 0 Å². The summed E-state index contributed by atoms with van der Waals surface area (Å²) in [7, 11) is 0. The molecule has 3 nitrogen and oxygen atoms in total. The molecule has 1 aliphatic rings. The number of rotatable bonds is 1. The van der Waals surface area contributed by atoms with Gasteiger partial charge in [0, 0.05) is 18.8 Å². The van der Waals surface area contributed by atoms with Gasteiger partial charge in [-0.25, -0.2) is 0 Å². The van der Waals surface area contributed by atoms with E-state index in [0.717, 1.165) is 19.4 Å². The van der Waals surface area contributed by atoms with Crippen LogP contribution in [-0.4, -0.2) is 28.4 Å². The minimum absolute atomic E-state index is 0.0720. The highest BCUT2D eigenvalue weighted by Gasteiger charge is 2.24. The fourth-order valence-electron chi connectivity index (χ4n) is 2.04. The van der Waals surface area contributed by atoms with E-state index in [0.29, 0.717) is 11.7 Å². The van der Waals surface area contributed by atoms with Crippen molar-refractivity contribution < 1.29 is 4.79 Å². The number of pyridine rings is 1. The van der Waals surface area contributed by atoms with Crippen molar-refractivity contribution in [2.45, 2.75) is 32.2 Å². The highest BCUT2D eigenvalue weighted by atomic mass is 16.2. The van der Waals surface area contributed by atoms with Gasteiger partial charge in [-0.1, -0.05) is 6.07 Å². The van der Waals surface area contributed by atoms with E-state index in [2.05, 4.69) is 11.9 Å². The first-order chi connectivity index (χ1) is 7.29. The number of carbonyl (C=O) groups excluding carboxylic acids is 1. The summed E-state index contributed by atoms with van der Waals surface area (Å²) in [4.78, 5) is 18.1. The molecule has 1 amide bonds. The SMILES string of the molecule is CC1CCCCN1C(=O)c1ccccn1. The zero-order valence-electron chi connectivity index (χ0n) is 9.02. The number of carbonyl (C=O) groups is 1. The van der Waals surface area contributed by atoms with Crippen molar-refractivity contribution in [2.75, 3.05) is 6.54 Å². The van der Waals surface area contributed by atoms with Crippen LogP contribution in [0.15, 0.2) is 24.4 Å². The zero-order chi connectivity index (χ0) is 10.7. The van der Waals surface area contributed by atoms with Gasteiger partial charge in [0.15, 0.2) is 0 Å². The summed E-state index contributed by atoms with van der Waals surface area (Å²) in [6.07, 6.45) is 5.12. The van der Waals surface area contributed by atoms with Crippen molar-refractivity contribution in [3.63, 3.8) is 0 Å². The number of nitrogens with zero attached hydrogens (tertiary/aromatic N) is 2. The quantitative estimate of drug-likeness (QED) is 0.701. The molecule has 3 heteroatoms. The molecule has 15 heavy (non-hydrogen) atoms. The van der Waals surface area contributed by atoms with E-state index in [1.165, 1.54) is 6.42 Å². The first-order valence-corrected chi connectivity index (χ1v) is 5.51. The van der Waals surface area contributed by atoms with Crippen LogP contribution in [0.5, 0.6) is 0 Å². The van der Waals surface area contributed by atoms with Crippen molar-refractivity contribution in [1.82, 2.24) is 9.88 Å². The van der Waals surface area contributed by atoms with Gasteiger partial charge in [0.1, 0.15) is 5.69 Å². The van der Waals surface area contributed by atoms with Gasteiger partial charge < -0.3 is 4.90 Å². The molecule has 2 rings (SSSR count). The topological polar surface area (TPSA) is 33.2 Å². The Kier molecular flexibility index (Phi) is 2.99. The molecule has 0 aromatic carbocycles. The molecule has 1 atom stereocenters. The summed E-state index contributed by atoms with van der Waals surface area (Å²) in [6, 6.07) is 5.82. The zero-order valence-corrected chi connectivity index (χ0v) is 9.02. The molecule has 1 fully saturated rings. The second-order valence-electron chi connectivity index (χ2n) is 4.06. The average molecular weight is 204 g/mol. The van der Waals surface area contributed by atoms with Crippen LogP contribution in [0.25, 0.3) is 0 Å². The van der Waals surface area contributed by atoms with E-state index in [1.807, 2.05) is 17.0 Å². The maximum absolute atomic E-state index is 12.1. The molecule has 2 heterocycles. The van der Waals surface area contributed by atoms with Gasteiger partial charge in [-0.15, -0.1) is 0 Å². The molecular formula is C12H16N2O. The van der Waals surface area contributed by atoms with Crippen LogP contribution >= 0.6 is 0 Å². The lowest BCUT2D eigenvalue weighted by molar-refractivity contribution is 0.0629. The van der Waals surface area contributed by atoms with E-state index >= 15 is 0 Å². The second-order valence-corrected chi connectivity index (χ2v) is 4.06. The van der Waals surface area contributed by atoms with Crippen LogP contribution < -0.4 is 0 Å². The van der Waals surface area contributed by atoms with Crippen molar-refractivity contribution >= 4 is 5.91 Å². The van der Waals surface area contributed by atoms with E-state index < -0.39 is 0 Å². The number of likely N-dealkylation sites (tertiary alicyclic amines) is 1. The summed E-state index contributed by atoms with van der Waals surface area (Å²) >= 11 is 0. The van der Waals surface area contributed by atoms with Crippen LogP contribution in [0, 0.1) is 0 Å². The normalized spacial score (nSPS) is 21.4. The predicted octanol–water partition coefficient (Wildman–Crippen LogP) is 2.10. The molecule has 0 radical (unpaired) electrons. The van der Waals surface area contributed by atoms with Crippen molar-refractivity contribution in [3.05, 3.63) is 30.1 Å². The van der Waals surface area contributed by atoms with Gasteiger partial charge in [0.05, 0.1) is 0 Å². The van der Waals surface area contributed by atoms with Crippen LogP contribution in [-0.2, 0) is 0 Å². The Morgan fingerprint density at radius 2 is 2.33 bits per heavy atom. The van der Waals surface area contributed by atoms with Gasteiger partial charge >= 0.3 is 0 Å². The maximum Gasteiger partial charge on any atom is 0.272 e. The molecule has 1 saturated heterocycles. The fraction of sp³-hybridized carbons (Fsp3) is 0.500.